The molecule has 2 atom stereocenters. The Hall–Kier alpha value is -1.76. The molecule has 1 aliphatic carbocycles. The fourth-order valence-electron chi connectivity index (χ4n) is 4.50. The molecule has 2 aromatic rings. The van der Waals surface area contributed by atoms with E-state index in [1.807, 2.05) is 29.8 Å². The van der Waals surface area contributed by atoms with Crippen LogP contribution in [0.4, 0.5) is 0 Å². The first-order valence-corrected chi connectivity index (χ1v) is 11.1. The third kappa shape index (κ3) is 4.45. The minimum absolute atomic E-state index is 0.0846. The fraction of sp³-hybridized carbons (Fsp3) is 0.545. The van der Waals surface area contributed by atoms with Gasteiger partial charge in [0.2, 0.25) is 5.91 Å². The molecule has 1 saturated heterocycles. The molecule has 28 heavy (non-hydrogen) atoms. The number of pyridine rings is 1. The summed E-state index contributed by atoms with van der Waals surface area (Å²) in [7, 11) is 0. The predicted octanol–water partition coefficient (Wildman–Crippen LogP) is 3.32. The van der Waals surface area contributed by atoms with Crippen molar-refractivity contribution >= 4 is 17.2 Å². The molecule has 6 heteroatoms. The van der Waals surface area contributed by atoms with Crippen molar-refractivity contribution in [3.63, 3.8) is 0 Å². The summed E-state index contributed by atoms with van der Waals surface area (Å²) >= 11 is 1.64. The molecule has 2 aliphatic rings. The van der Waals surface area contributed by atoms with Crippen molar-refractivity contribution in [3.05, 3.63) is 52.0 Å². The van der Waals surface area contributed by atoms with E-state index in [0.29, 0.717) is 13.0 Å². The number of carbonyl (C=O) groups is 1. The minimum Gasteiger partial charge on any atom is -0.370 e. The third-order valence-corrected chi connectivity index (χ3v) is 6.88. The van der Waals surface area contributed by atoms with Crippen LogP contribution in [0.15, 0.2) is 35.8 Å². The fourth-order valence-corrected chi connectivity index (χ4v) is 5.21. The highest BCUT2D eigenvalue weighted by Gasteiger charge is 2.45. The quantitative estimate of drug-likeness (QED) is 0.838. The Kier molecular flexibility index (Phi) is 6.09. The molecular formula is C22H29N3O2S. The van der Waals surface area contributed by atoms with Crippen LogP contribution in [0.1, 0.15) is 41.8 Å². The van der Waals surface area contributed by atoms with E-state index in [1.165, 1.54) is 5.56 Å². The maximum Gasteiger partial charge on any atom is 0.225 e. The van der Waals surface area contributed by atoms with Crippen LogP contribution in [0.3, 0.4) is 0 Å². The summed E-state index contributed by atoms with van der Waals surface area (Å²) in [4.78, 5) is 20.8. The van der Waals surface area contributed by atoms with Crippen LogP contribution in [0.2, 0.25) is 0 Å². The number of nitrogens with zero attached hydrogens (tertiary/aromatic N) is 2. The molecule has 0 aromatic carbocycles. The number of ether oxygens (including phenoxy) is 1. The van der Waals surface area contributed by atoms with Crippen LogP contribution in [-0.4, -0.2) is 47.1 Å². The first-order chi connectivity index (χ1) is 13.6. The van der Waals surface area contributed by atoms with Crippen LogP contribution in [0.25, 0.3) is 0 Å². The van der Waals surface area contributed by atoms with Crippen molar-refractivity contribution in [3.8, 4) is 0 Å². The van der Waals surface area contributed by atoms with Crippen LogP contribution in [0.5, 0.6) is 0 Å². The van der Waals surface area contributed by atoms with Crippen molar-refractivity contribution in [1.82, 2.24) is 15.2 Å². The standard InChI is InChI=1S/C22H29N3O2S/c1-17-6-4-10-23-19(17)15-25-11-12-27-22(16-25)9-3-2-8-20(22)24-21(26)14-18-7-5-13-28-18/h4-7,10,13,20H,2-3,8-9,11-12,14-16H2,1H3,(H,24,26)/t20-,22-/m0/s1. The Bertz CT molecular complexity index is 791. The number of amides is 1. The first-order valence-electron chi connectivity index (χ1n) is 10.2. The van der Waals surface area contributed by atoms with Gasteiger partial charge in [0.1, 0.15) is 5.60 Å². The molecule has 1 saturated carbocycles. The summed E-state index contributed by atoms with van der Waals surface area (Å²) in [6.07, 6.45) is 6.64. The lowest BCUT2D eigenvalue weighted by atomic mass is 9.78. The second-order valence-corrected chi connectivity index (χ2v) is 9.05. The van der Waals surface area contributed by atoms with Gasteiger partial charge in [-0.1, -0.05) is 25.0 Å². The summed E-state index contributed by atoms with van der Waals surface area (Å²) < 4.78 is 6.38. The highest BCUT2D eigenvalue weighted by molar-refractivity contribution is 7.10. The van der Waals surface area contributed by atoms with Crippen molar-refractivity contribution in [1.29, 1.82) is 0 Å². The number of aromatic nitrogens is 1. The van der Waals surface area contributed by atoms with Crippen molar-refractivity contribution in [2.45, 2.75) is 57.2 Å². The monoisotopic (exact) mass is 399 g/mol. The molecule has 1 aliphatic heterocycles. The van der Waals surface area contributed by atoms with Crippen molar-refractivity contribution in [2.75, 3.05) is 19.7 Å². The van der Waals surface area contributed by atoms with E-state index in [4.69, 9.17) is 4.74 Å². The smallest absolute Gasteiger partial charge is 0.225 e. The summed E-state index contributed by atoms with van der Waals surface area (Å²) in [5, 5.41) is 5.33. The first kappa shape index (κ1) is 19.6. The van der Waals surface area contributed by atoms with E-state index in [-0.39, 0.29) is 17.6 Å². The molecule has 150 valence electrons. The molecular weight excluding hydrogens is 370 g/mol. The van der Waals surface area contributed by atoms with E-state index in [9.17, 15) is 4.79 Å². The molecule has 0 radical (unpaired) electrons. The van der Waals surface area contributed by atoms with Crippen LogP contribution < -0.4 is 5.32 Å². The maximum absolute atomic E-state index is 12.6. The lowest BCUT2D eigenvalue weighted by Crippen LogP contribution is -2.64. The summed E-state index contributed by atoms with van der Waals surface area (Å²) in [6, 6.07) is 8.21. The van der Waals surface area contributed by atoms with Crippen LogP contribution >= 0.6 is 11.3 Å². The second-order valence-electron chi connectivity index (χ2n) is 8.01. The summed E-state index contributed by atoms with van der Waals surface area (Å²) in [6.45, 7) is 5.43. The number of thiophene rings is 1. The van der Waals surface area contributed by atoms with E-state index in [0.717, 1.165) is 55.9 Å². The van der Waals surface area contributed by atoms with E-state index in [2.05, 4.69) is 28.2 Å². The molecule has 2 fully saturated rings. The lowest BCUT2D eigenvalue weighted by Gasteiger charge is -2.49. The SMILES string of the molecule is Cc1cccnc1CN1CCO[C@@]2(CCCC[C@@H]2NC(=O)Cc2cccs2)C1. The molecule has 5 nitrogen and oxygen atoms in total. The third-order valence-electron chi connectivity index (χ3n) is 6.01. The number of rotatable bonds is 5. The number of carbonyl (C=O) groups excluding carboxylic acids is 1. The molecule has 1 N–H and O–H groups in total. The average Bonchev–Trinajstić information content (AvgIpc) is 3.19. The Labute approximate surface area is 171 Å². The zero-order chi connectivity index (χ0) is 19.4. The van der Waals surface area contributed by atoms with Gasteiger partial charge >= 0.3 is 0 Å². The van der Waals surface area contributed by atoms with E-state index in [1.54, 1.807) is 11.3 Å². The van der Waals surface area contributed by atoms with Gasteiger partial charge in [-0.3, -0.25) is 14.7 Å². The van der Waals surface area contributed by atoms with Gasteiger partial charge in [0, 0.05) is 30.7 Å². The normalized spacial score (nSPS) is 25.7. The molecule has 4 rings (SSSR count). The summed E-state index contributed by atoms with van der Waals surface area (Å²) in [5.74, 6) is 0.106. The zero-order valence-corrected chi connectivity index (χ0v) is 17.3. The number of morpholine rings is 1. The van der Waals surface area contributed by atoms with E-state index < -0.39 is 0 Å². The largest absolute Gasteiger partial charge is 0.370 e. The lowest BCUT2D eigenvalue weighted by molar-refractivity contribution is -0.151. The number of hydrogen-bond acceptors (Lipinski definition) is 5. The summed E-state index contributed by atoms with van der Waals surface area (Å²) in [5.41, 5.74) is 2.09. The zero-order valence-electron chi connectivity index (χ0n) is 16.5. The van der Waals surface area contributed by atoms with Gasteiger partial charge in [0.05, 0.1) is 24.8 Å². The van der Waals surface area contributed by atoms with Crippen LogP contribution in [0, 0.1) is 6.92 Å². The topological polar surface area (TPSA) is 54.5 Å². The van der Waals surface area contributed by atoms with Crippen LogP contribution in [-0.2, 0) is 22.5 Å². The number of nitrogens with one attached hydrogen (secondary N) is 1. The predicted molar refractivity (Wildman–Crippen MR) is 111 cm³/mol. The van der Waals surface area contributed by atoms with Gasteiger partial charge in [-0.05, 0) is 42.8 Å². The van der Waals surface area contributed by atoms with Gasteiger partial charge in [0.15, 0.2) is 0 Å². The van der Waals surface area contributed by atoms with Crippen molar-refractivity contribution in [2.24, 2.45) is 0 Å². The molecule has 1 amide bonds. The molecule has 2 aromatic heterocycles. The highest BCUT2D eigenvalue weighted by Crippen LogP contribution is 2.35. The number of hydrogen-bond donors (Lipinski definition) is 1. The van der Waals surface area contributed by atoms with Gasteiger partial charge in [-0.2, -0.15) is 0 Å². The highest BCUT2D eigenvalue weighted by atomic mass is 32.1. The molecule has 0 unspecified atom stereocenters. The average molecular weight is 400 g/mol. The molecule has 1 spiro atoms. The van der Waals surface area contributed by atoms with Gasteiger partial charge in [0.25, 0.3) is 0 Å². The second kappa shape index (κ2) is 8.72. The van der Waals surface area contributed by atoms with Gasteiger partial charge in [-0.25, -0.2) is 0 Å². The number of aryl methyl sites for hydroxylation is 1. The Morgan fingerprint density at radius 2 is 2.32 bits per heavy atom. The Balaban J connectivity index is 1.44. The Morgan fingerprint density at radius 1 is 1.39 bits per heavy atom. The Morgan fingerprint density at radius 3 is 3.14 bits per heavy atom. The van der Waals surface area contributed by atoms with Crippen molar-refractivity contribution < 1.29 is 9.53 Å². The van der Waals surface area contributed by atoms with Gasteiger partial charge < -0.3 is 10.1 Å². The molecule has 3 heterocycles. The maximum atomic E-state index is 12.6. The van der Waals surface area contributed by atoms with Gasteiger partial charge in [-0.15, -0.1) is 11.3 Å². The van der Waals surface area contributed by atoms with E-state index >= 15 is 0 Å². The minimum atomic E-state index is -0.274. The molecule has 0 bridgehead atoms.